The van der Waals surface area contributed by atoms with Crippen molar-refractivity contribution in [3.63, 3.8) is 0 Å². The van der Waals surface area contributed by atoms with Gasteiger partial charge in [0, 0.05) is 24.8 Å². The molecule has 0 radical (unpaired) electrons. The summed E-state index contributed by atoms with van der Waals surface area (Å²) in [5, 5.41) is 11.6. The van der Waals surface area contributed by atoms with Crippen LogP contribution in [-0.2, 0) is 0 Å². The van der Waals surface area contributed by atoms with E-state index in [0.29, 0.717) is 5.56 Å². The molecule has 0 saturated carbocycles. The number of aromatic nitrogens is 1. The van der Waals surface area contributed by atoms with E-state index in [1.807, 2.05) is 12.1 Å². The van der Waals surface area contributed by atoms with E-state index in [0.717, 1.165) is 24.8 Å². The molecular formula is C14H22N4O. The van der Waals surface area contributed by atoms with Crippen molar-refractivity contribution in [3.05, 3.63) is 23.9 Å². The lowest BCUT2D eigenvalue weighted by atomic mass is 9.98. The molecule has 1 aliphatic heterocycles. The zero-order valence-corrected chi connectivity index (χ0v) is 11.4. The maximum atomic E-state index is 8.62. The number of hydrogen-bond acceptors (Lipinski definition) is 4. The van der Waals surface area contributed by atoms with Gasteiger partial charge in [-0.3, -0.25) is 0 Å². The van der Waals surface area contributed by atoms with Crippen LogP contribution < -0.4 is 10.6 Å². The second-order valence-electron chi connectivity index (χ2n) is 5.08. The van der Waals surface area contributed by atoms with Crippen LogP contribution in [0.4, 0.5) is 5.82 Å². The van der Waals surface area contributed by atoms with Crippen LogP contribution in [0.3, 0.4) is 0 Å². The topological polar surface area (TPSA) is 74.7 Å². The Bertz CT molecular complexity index is 430. The van der Waals surface area contributed by atoms with Crippen LogP contribution in [0.5, 0.6) is 0 Å². The highest BCUT2D eigenvalue weighted by Gasteiger charge is 2.16. The first-order valence-electron chi connectivity index (χ1n) is 6.93. The van der Waals surface area contributed by atoms with Crippen LogP contribution in [-0.4, -0.2) is 29.1 Å². The van der Waals surface area contributed by atoms with Gasteiger partial charge in [0.1, 0.15) is 5.82 Å². The molecule has 104 valence electrons. The SMILES string of the molecule is CCC1CCCN(c2ccc(C(N)=NO)cn2)CC1. The van der Waals surface area contributed by atoms with Gasteiger partial charge in [0.25, 0.3) is 0 Å². The Morgan fingerprint density at radius 2 is 2.32 bits per heavy atom. The fourth-order valence-electron chi connectivity index (χ4n) is 2.59. The van der Waals surface area contributed by atoms with Crippen LogP contribution >= 0.6 is 0 Å². The summed E-state index contributed by atoms with van der Waals surface area (Å²) in [4.78, 5) is 6.74. The van der Waals surface area contributed by atoms with Gasteiger partial charge in [0.15, 0.2) is 5.84 Å². The van der Waals surface area contributed by atoms with Gasteiger partial charge < -0.3 is 15.8 Å². The van der Waals surface area contributed by atoms with Crippen molar-refractivity contribution in [1.29, 1.82) is 0 Å². The molecule has 1 fully saturated rings. The molecule has 5 heteroatoms. The molecule has 1 saturated heterocycles. The Kier molecular flexibility index (Phi) is 4.60. The minimum Gasteiger partial charge on any atom is -0.409 e. The highest BCUT2D eigenvalue weighted by atomic mass is 16.4. The largest absolute Gasteiger partial charge is 0.409 e. The maximum Gasteiger partial charge on any atom is 0.171 e. The van der Waals surface area contributed by atoms with E-state index in [1.165, 1.54) is 25.7 Å². The fraction of sp³-hybridized carbons (Fsp3) is 0.571. The first-order chi connectivity index (χ1) is 9.24. The van der Waals surface area contributed by atoms with Gasteiger partial charge in [-0.1, -0.05) is 18.5 Å². The molecule has 1 atom stereocenters. The summed E-state index contributed by atoms with van der Waals surface area (Å²) >= 11 is 0. The van der Waals surface area contributed by atoms with E-state index in [1.54, 1.807) is 6.20 Å². The zero-order chi connectivity index (χ0) is 13.7. The average Bonchev–Trinajstić information content (AvgIpc) is 2.72. The third kappa shape index (κ3) is 3.36. The number of nitrogens with two attached hydrogens (primary N) is 1. The Hall–Kier alpha value is -1.78. The number of hydrogen-bond donors (Lipinski definition) is 2. The first-order valence-corrected chi connectivity index (χ1v) is 6.93. The van der Waals surface area contributed by atoms with Gasteiger partial charge in [-0.25, -0.2) is 4.98 Å². The zero-order valence-electron chi connectivity index (χ0n) is 11.4. The van der Waals surface area contributed by atoms with Crippen LogP contribution in [0.1, 0.15) is 38.2 Å². The fourth-order valence-corrected chi connectivity index (χ4v) is 2.59. The lowest BCUT2D eigenvalue weighted by Crippen LogP contribution is -2.25. The summed E-state index contributed by atoms with van der Waals surface area (Å²) in [6, 6.07) is 3.79. The van der Waals surface area contributed by atoms with Crippen molar-refractivity contribution < 1.29 is 5.21 Å². The van der Waals surface area contributed by atoms with E-state index in [2.05, 4.69) is 22.0 Å². The number of oxime groups is 1. The molecule has 5 nitrogen and oxygen atoms in total. The molecule has 0 aromatic carbocycles. The molecule has 0 bridgehead atoms. The van der Waals surface area contributed by atoms with Gasteiger partial charge >= 0.3 is 0 Å². The minimum atomic E-state index is 0.0981. The minimum absolute atomic E-state index is 0.0981. The normalized spacial score (nSPS) is 21.2. The number of rotatable bonds is 3. The van der Waals surface area contributed by atoms with Crippen LogP contribution in [0.25, 0.3) is 0 Å². The highest BCUT2D eigenvalue weighted by Crippen LogP contribution is 2.23. The Morgan fingerprint density at radius 3 is 2.95 bits per heavy atom. The Labute approximate surface area is 114 Å². The summed E-state index contributed by atoms with van der Waals surface area (Å²) in [6.45, 7) is 4.39. The second kappa shape index (κ2) is 6.41. The lowest BCUT2D eigenvalue weighted by molar-refractivity contribution is 0.318. The van der Waals surface area contributed by atoms with E-state index in [-0.39, 0.29) is 5.84 Å². The van der Waals surface area contributed by atoms with Crippen molar-refractivity contribution in [3.8, 4) is 0 Å². The molecule has 3 N–H and O–H groups in total. The highest BCUT2D eigenvalue weighted by molar-refractivity contribution is 5.96. The van der Waals surface area contributed by atoms with Crippen molar-refractivity contribution in [2.75, 3.05) is 18.0 Å². The van der Waals surface area contributed by atoms with E-state index >= 15 is 0 Å². The van der Waals surface area contributed by atoms with Crippen molar-refractivity contribution >= 4 is 11.7 Å². The third-order valence-corrected chi connectivity index (χ3v) is 3.90. The number of anilines is 1. The molecule has 1 unspecified atom stereocenters. The smallest absolute Gasteiger partial charge is 0.171 e. The summed E-state index contributed by atoms with van der Waals surface area (Å²) in [6.07, 6.45) is 6.70. The molecule has 2 heterocycles. The first kappa shape index (κ1) is 13.6. The summed E-state index contributed by atoms with van der Waals surface area (Å²) < 4.78 is 0. The van der Waals surface area contributed by atoms with Crippen molar-refractivity contribution in [2.45, 2.75) is 32.6 Å². The third-order valence-electron chi connectivity index (χ3n) is 3.90. The molecule has 1 aromatic heterocycles. The quantitative estimate of drug-likeness (QED) is 0.379. The molecule has 0 amide bonds. The van der Waals surface area contributed by atoms with Gasteiger partial charge in [-0.15, -0.1) is 0 Å². The maximum absolute atomic E-state index is 8.62. The van der Waals surface area contributed by atoms with Gasteiger partial charge in [-0.2, -0.15) is 0 Å². The lowest BCUT2D eigenvalue weighted by Gasteiger charge is -2.21. The molecular weight excluding hydrogens is 240 g/mol. The predicted octanol–water partition coefficient (Wildman–Crippen LogP) is 2.19. The van der Waals surface area contributed by atoms with Gasteiger partial charge in [-0.05, 0) is 37.3 Å². The molecule has 0 aliphatic carbocycles. The summed E-state index contributed by atoms with van der Waals surface area (Å²) in [7, 11) is 0. The average molecular weight is 262 g/mol. The van der Waals surface area contributed by atoms with Crippen molar-refractivity contribution in [2.24, 2.45) is 16.8 Å². The van der Waals surface area contributed by atoms with Gasteiger partial charge in [0.05, 0.1) is 0 Å². The predicted molar refractivity (Wildman–Crippen MR) is 76.6 cm³/mol. The van der Waals surface area contributed by atoms with Gasteiger partial charge in [0.2, 0.25) is 0 Å². The standard InChI is InChI=1S/C14H22N4O/c1-2-11-4-3-8-18(9-7-11)13-6-5-12(10-16-13)14(15)17-19/h5-6,10-11,19H,2-4,7-9H2,1H3,(H2,15,17). The number of pyridine rings is 1. The molecule has 1 aliphatic rings. The number of nitrogens with zero attached hydrogens (tertiary/aromatic N) is 3. The summed E-state index contributed by atoms with van der Waals surface area (Å²) in [5.74, 6) is 1.92. The Morgan fingerprint density at radius 1 is 1.47 bits per heavy atom. The van der Waals surface area contributed by atoms with E-state index < -0.39 is 0 Å². The molecule has 2 rings (SSSR count). The molecule has 0 spiro atoms. The monoisotopic (exact) mass is 262 g/mol. The number of amidine groups is 1. The van der Waals surface area contributed by atoms with E-state index in [4.69, 9.17) is 10.9 Å². The van der Waals surface area contributed by atoms with E-state index in [9.17, 15) is 0 Å². The Balaban J connectivity index is 2.05. The summed E-state index contributed by atoms with van der Waals surface area (Å²) in [5.41, 5.74) is 6.18. The second-order valence-corrected chi connectivity index (χ2v) is 5.08. The molecule has 19 heavy (non-hydrogen) atoms. The van der Waals surface area contributed by atoms with Crippen molar-refractivity contribution in [1.82, 2.24) is 4.98 Å². The molecule has 1 aromatic rings. The van der Waals surface area contributed by atoms with Crippen LogP contribution in [0.2, 0.25) is 0 Å². The van der Waals surface area contributed by atoms with Crippen LogP contribution in [0, 0.1) is 5.92 Å². The van der Waals surface area contributed by atoms with Crippen LogP contribution in [0.15, 0.2) is 23.5 Å².